The second-order valence-corrected chi connectivity index (χ2v) is 8.06. The Morgan fingerprint density at radius 1 is 1.26 bits per heavy atom. The average Bonchev–Trinajstić information content (AvgIpc) is 3.13. The van der Waals surface area contributed by atoms with Crippen molar-refractivity contribution in [3.8, 4) is 0 Å². The van der Waals surface area contributed by atoms with E-state index in [9.17, 15) is 17.6 Å². The number of halogens is 1. The normalized spacial score (nSPS) is 16.9. The molecule has 0 bridgehead atoms. The summed E-state index contributed by atoms with van der Waals surface area (Å²) < 4.78 is 46.6. The first-order chi connectivity index (χ1) is 12.9. The van der Waals surface area contributed by atoms with Crippen LogP contribution in [0.2, 0.25) is 0 Å². The maximum absolute atomic E-state index is 13.3. The van der Waals surface area contributed by atoms with Gasteiger partial charge in [0, 0.05) is 13.2 Å². The first-order valence-electron chi connectivity index (χ1n) is 8.64. The molecule has 3 rings (SSSR count). The predicted octanol–water partition coefficient (Wildman–Crippen LogP) is 2.84. The van der Waals surface area contributed by atoms with Gasteiger partial charge in [-0.15, -0.1) is 0 Å². The Labute approximate surface area is 157 Å². The van der Waals surface area contributed by atoms with Gasteiger partial charge in [-0.2, -0.15) is 0 Å². The Morgan fingerprint density at radius 2 is 2.04 bits per heavy atom. The van der Waals surface area contributed by atoms with E-state index in [0.717, 1.165) is 25.0 Å². The van der Waals surface area contributed by atoms with Gasteiger partial charge in [0.1, 0.15) is 5.82 Å². The van der Waals surface area contributed by atoms with Crippen molar-refractivity contribution in [3.63, 3.8) is 0 Å². The van der Waals surface area contributed by atoms with Crippen LogP contribution in [0.3, 0.4) is 0 Å². The lowest BCUT2D eigenvalue weighted by atomic mass is 10.1. The molecule has 0 spiro atoms. The number of benzene rings is 2. The number of anilines is 1. The summed E-state index contributed by atoms with van der Waals surface area (Å²) in [6, 6.07) is 9.77. The highest BCUT2D eigenvalue weighted by atomic mass is 32.2. The number of carbonyl (C=O) groups excluding carboxylic acids is 1. The minimum absolute atomic E-state index is 0.0142. The summed E-state index contributed by atoms with van der Waals surface area (Å²) in [6.45, 7) is 2.57. The average molecular weight is 392 g/mol. The van der Waals surface area contributed by atoms with E-state index in [1.54, 1.807) is 18.2 Å². The topological polar surface area (TPSA) is 84.5 Å². The highest BCUT2D eigenvalue weighted by Gasteiger charge is 2.22. The first kappa shape index (κ1) is 19.3. The number of sulfonamides is 1. The number of aryl methyl sites for hydroxylation is 1. The quantitative estimate of drug-likeness (QED) is 0.792. The summed E-state index contributed by atoms with van der Waals surface area (Å²) in [5.41, 5.74) is 0.646. The minimum atomic E-state index is -3.97. The fourth-order valence-corrected chi connectivity index (χ4v) is 4.30. The third-order valence-corrected chi connectivity index (χ3v) is 5.88. The van der Waals surface area contributed by atoms with Gasteiger partial charge < -0.3 is 10.1 Å². The fraction of sp³-hybridized carbons (Fsp3) is 0.316. The molecule has 27 heavy (non-hydrogen) atoms. The molecule has 1 atom stereocenters. The standard InChI is InChI=1S/C19H21FN2O4S/c1-13-11-14(20)8-9-18(13)27(24,25)22-17-7-3-2-6-16(17)19(23)21-12-15-5-4-10-26-15/h2-3,6-9,11,15,22H,4-5,10,12H2,1H3,(H,21,23)/t15-/m1/s1. The molecule has 1 aliphatic heterocycles. The molecule has 0 aliphatic carbocycles. The van der Waals surface area contributed by atoms with Crippen LogP contribution in [0, 0.1) is 12.7 Å². The second-order valence-electron chi connectivity index (χ2n) is 6.41. The number of nitrogens with one attached hydrogen (secondary N) is 2. The summed E-state index contributed by atoms with van der Waals surface area (Å²) in [5, 5.41) is 2.78. The fourth-order valence-electron chi connectivity index (χ4n) is 2.99. The Hall–Kier alpha value is -2.45. The molecular weight excluding hydrogens is 371 g/mol. The largest absolute Gasteiger partial charge is 0.376 e. The molecule has 0 saturated carbocycles. The van der Waals surface area contributed by atoms with E-state index in [2.05, 4.69) is 10.0 Å². The minimum Gasteiger partial charge on any atom is -0.376 e. The van der Waals surface area contributed by atoms with Crippen LogP contribution < -0.4 is 10.0 Å². The van der Waals surface area contributed by atoms with Gasteiger partial charge >= 0.3 is 0 Å². The number of amides is 1. The van der Waals surface area contributed by atoms with Crippen molar-refractivity contribution in [1.82, 2.24) is 5.32 Å². The van der Waals surface area contributed by atoms with Gasteiger partial charge in [-0.1, -0.05) is 12.1 Å². The zero-order valence-electron chi connectivity index (χ0n) is 14.9. The van der Waals surface area contributed by atoms with Crippen LogP contribution in [-0.4, -0.2) is 33.6 Å². The lowest BCUT2D eigenvalue weighted by Crippen LogP contribution is -2.32. The van der Waals surface area contributed by atoms with E-state index < -0.39 is 15.8 Å². The van der Waals surface area contributed by atoms with Crippen LogP contribution in [0.1, 0.15) is 28.8 Å². The number of hydrogen-bond donors (Lipinski definition) is 2. The molecule has 1 aliphatic rings. The maximum Gasteiger partial charge on any atom is 0.262 e. The van der Waals surface area contributed by atoms with Crippen molar-refractivity contribution in [1.29, 1.82) is 0 Å². The van der Waals surface area contributed by atoms with Crippen LogP contribution in [0.4, 0.5) is 10.1 Å². The van der Waals surface area contributed by atoms with E-state index in [0.29, 0.717) is 13.2 Å². The zero-order valence-corrected chi connectivity index (χ0v) is 15.7. The molecule has 2 aromatic carbocycles. The van der Waals surface area contributed by atoms with Gasteiger partial charge in [-0.3, -0.25) is 9.52 Å². The van der Waals surface area contributed by atoms with Crippen molar-refractivity contribution in [2.24, 2.45) is 0 Å². The smallest absolute Gasteiger partial charge is 0.262 e. The number of ether oxygens (including phenoxy) is 1. The highest BCUT2D eigenvalue weighted by molar-refractivity contribution is 7.92. The van der Waals surface area contributed by atoms with Crippen molar-refractivity contribution in [2.75, 3.05) is 17.9 Å². The van der Waals surface area contributed by atoms with E-state index >= 15 is 0 Å². The molecule has 1 saturated heterocycles. The molecule has 0 radical (unpaired) electrons. The summed E-state index contributed by atoms with van der Waals surface area (Å²) in [4.78, 5) is 12.5. The summed E-state index contributed by atoms with van der Waals surface area (Å²) >= 11 is 0. The van der Waals surface area contributed by atoms with Crippen LogP contribution in [0.5, 0.6) is 0 Å². The highest BCUT2D eigenvalue weighted by Crippen LogP contribution is 2.23. The van der Waals surface area contributed by atoms with Crippen molar-refractivity contribution in [3.05, 3.63) is 59.4 Å². The molecule has 1 fully saturated rings. The summed E-state index contributed by atoms with van der Waals surface area (Å²) in [6.07, 6.45) is 1.84. The number of rotatable bonds is 6. The molecule has 8 heteroatoms. The van der Waals surface area contributed by atoms with E-state index in [1.165, 1.54) is 19.1 Å². The monoisotopic (exact) mass is 392 g/mol. The van der Waals surface area contributed by atoms with E-state index in [1.807, 2.05) is 0 Å². The number of carbonyl (C=O) groups is 1. The third kappa shape index (κ3) is 4.64. The molecule has 1 heterocycles. The molecule has 2 N–H and O–H groups in total. The Morgan fingerprint density at radius 3 is 2.74 bits per heavy atom. The molecule has 2 aromatic rings. The Kier molecular flexibility index (Phi) is 5.76. The van der Waals surface area contributed by atoms with Gasteiger partial charge in [-0.25, -0.2) is 12.8 Å². The lowest BCUT2D eigenvalue weighted by Gasteiger charge is -2.15. The summed E-state index contributed by atoms with van der Waals surface area (Å²) in [7, 11) is -3.97. The van der Waals surface area contributed by atoms with Gasteiger partial charge in [0.25, 0.3) is 15.9 Å². The van der Waals surface area contributed by atoms with E-state index in [-0.39, 0.29) is 33.7 Å². The zero-order chi connectivity index (χ0) is 19.4. The molecule has 1 amide bonds. The third-order valence-electron chi connectivity index (χ3n) is 4.36. The van der Waals surface area contributed by atoms with Crippen LogP contribution in [0.25, 0.3) is 0 Å². The van der Waals surface area contributed by atoms with Crippen LogP contribution in [-0.2, 0) is 14.8 Å². The molecule has 0 unspecified atom stereocenters. The van der Waals surface area contributed by atoms with Gasteiger partial charge in [0.15, 0.2) is 0 Å². The molecule has 6 nitrogen and oxygen atoms in total. The number of hydrogen-bond acceptors (Lipinski definition) is 4. The van der Waals surface area contributed by atoms with Crippen molar-refractivity contribution in [2.45, 2.75) is 30.8 Å². The predicted molar refractivity (Wildman–Crippen MR) is 99.7 cm³/mol. The van der Waals surface area contributed by atoms with E-state index in [4.69, 9.17) is 4.74 Å². The van der Waals surface area contributed by atoms with Crippen molar-refractivity contribution >= 4 is 21.6 Å². The van der Waals surface area contributed by atoms with Gasteiger partial charge in [0.2, 0.25) is 0 Å². The van der Waals surface area contributed by atoms with Crippen molar-refractivity contribution < 1.29 is 22.3 Å². The molecule has 144 valence electrons. The summed E-state index contributed by atoms with van der Waals surface area (Å²) in [5.74, 6) is -0.903. The Balaban J connectivity index is 1.79. The maximum atomic E-state index is 13.3. The SMILES string of the molecule is Cc1cc(F)ccc1S(=O)(=O)Nc1ccccc1C(=O)NC[C@H]1CCCO1. The molecule has 0 aromatic heterocycles. The van der Waals surface area contributed by atoms with Crippen LogP contribution >= 0.6 is 0 Å². The molecular formula is C19H21FN2O4S. The lowest BCUT2D eigenvalue weighted by molar-refractivity contribution is 0.0858. The van der Waals surface area contributed by atoms with Gasteiger partial charge in [0.05, 0.1) is 22.3 Å². The second kappa shape index (κ2) is 8.06. The Bertz CT molecular complexity index is 940. The number of para-hydroxylation sites is 1. The first-order valence-corrected chi connectivity index (χ1v) is 10.1. The van der Waals surface area contributed by atoms with Crippen LogP contribution in [0.15, 0.2) is 47.4 Å². The van der Waals surface area contributed by atoms with Gasteiger partial charge in [-0.05, 0) is 55.7 Å².